The van der Waals surface area contributed by atoms with Gasteiger partial charge in [-0.2, -0.15) is 0 Å². The van der Waals surface area contributed by atoms with Crippen LogP contribution in [0.2, 0.25) is 0 Å². The van der Waals surface area contributed by atoms with E-state index in [9.17, 15) is 9.59 Å². The van der Waals surface area contributed by atoms with Gasteiger partial charge >= 0.3 is 5.97 Å². The first kappa shape index (κ1) is 15.1. The predicted octanol–water partition coefficient (Wildman–Crippen LogP) is 0.202. The molecule has 0 saturated carbocycles. The fraction of sp³-hybridized carbons (Fsp3) is 0.429. The van der Waals surface area contributed by atoms with Crippen LogP contribution in [0.3, 0.4) is 0 Å². The first-order chi connectivity index (χ1) is 10.1. The number of methoxy groups -OCH3 is 2. The van der Waals surface area contributed by atoms with Crippen molar-refractivity contribution in [2.24, 2.45) is 0 Å². The number of hydrogen-bond donors (Lipinski definition) is 2. The Bertz CT molecular complexity index is 546. The molecule has 2 rings (SSSR count). The van der Waals surface area contributed by atoms with Crippen molar-refractivity contribution in [2.45, 2.75) is 6.04 Å². The van der Waals surface area contributed by atoms with Gasteiger partial charge in [0.15, 0.2) is 11.5 Å². The third-order valence-corrected chi connectivity index (χ3v) is 3.39. The van der Waals surface area contributed by atoms with E-state index >= 15 is 0 Å². The Balaban J connectivity index is 2.17. The molecule has 2 N–H and O–H groups in total. The van der Waals surface area contributed by atoms with Crippen LogP contribution in [0.15, 0.2) is 18.2 Å². The maximum absolute atomic E-state index is 12.4. The smallest absolute Gasteiger partial charge is 0.322 e. The van der Waals surface area contributed by atoms with Crippen LogP contribution in [0.5, 0.6) is 11.5 Å². The molecule has 1 atom stereocenters. The fourth-order valence-corrected chi connectivity index (χ4v) is 2.25. The summed E-state index contributed by atoms with van der Waals surface area (Å²) in [7, 11) is 3.02. The first-order valence-corrected chi connectivity index (χ1v) is 6.54. The van der Waals surface area contributed by atoms with E-state index in [0.29, 0.717) is 30.2 Å². The van der Waals surface area contributed by atoms with E-state index in [1.807, 2.05) is 0 Å². The lowest BCUT2D eigenvalue weighted by molar-refractivity contribution is -0.140. The van der Waals surface area contributed by atoms with Crippen LogP contribution in [-0.4, -0.2) is 61.8 Å². The summed E-state index contributed by atoms with van der Waals surface area (Å²) in [6.45, 7) is 1.06. The van der Waals surface area contributed by atoms with E-state index in [-0.39, 0.29) is 12.5 Å². The fourth-order valence-electron chi connectivity index (χ4n) is 2.25. The van der Waals surface area contributed by atoms with Gasteiger partial charge in [0.2, 0.25) is 0 Å². The molecule has 7 nitrogen and oxygen atoms in total. The van der Waals surface area contributed by atoms with Gasteiger partial charge in [0.1, 0.15) is 6.04 Å². The molecule has 1 aromatic rings. The lowest BCUT2D eigenvalue weighted by Crippen LogP contribution is -2.55. The number of hydrogen-bond acceptors (Lipinski definition) is 5. The van der Waals surface area contributed by atoms with Crippen molar-refractivity contribution in [3.8, 4) is 11.5 Å². The van der Waals surface area contributed by atoms with E-state index in [0.717, 1.165) is 0 Å². The number of amides is 1. The monoisotopic (exact) mass is 294 g/mol. The third kappa shape index (κ3) is 3.25. The van der Waals surface area contributed by atoms with Crippen LogP contribution < -0.4 is 14.8 Å². The average molecular weight is 294 g/mol. The Morgan fingerprint density at radius 1 is 1.29 bits per heavy atom. The van der Waals surface area contributed by atoms with E-state index in [1.165, 1.54) is 19.1 Å². The molecule has 114 valence electrons. The van der Waals surface area contributed by atoms with Crippen molar-refractivity contribution in [2.75, 3.05) is 33.9 Å². The van der Waals surface area contributed by atoms with Crippen molar-refractivity contribution in [3.63, 3.8) is 0 Å². The van der Waals surface area contributed by atoms with Crippen LogP contribution in [-0.2, 0) is 4.79 Å². The quantitative estimate of drug-likeness (QED) is 0.825. The zero-order valence-electron chi connectivity index (χ0n) is 12.0. The number of piperazine rings is 1. The topological polar surface area (TPSA) is 88.1 Å². The molecular formula is C14H18N2O5. The van der Waals surface area contributed by atoms with Crippen molar-refractivity contribution < 1.29 is 24.2 Å². The molecule has 1 heterocycles. The molecule has 1 aliphatic heterocycles. The van der Waals surface area contributed by atoms with Gasteiger partial charge in [0.05, 0.1) is 14.2 Å². The summed E-state index contributed by atoms with van der Waals surface area (Å²) in [5, 5.41) is 11.9. The summed E-state index contributed by atoms with van der Waals surface area (Å²) >= 11 is 0. The molecule has 7 heteroatoms. The van der Waals surface area contributed by atoms with Crippen LogP contribution in [0.4, 0.5) is 0 Å². The van der Waals surface area contributed by atoms with Gasteiger partial charge < -0.3 is 24.8 Å². The molecule has 21 heavy (non-hydrogen) atoms. The second-order valence-electron chi connectivity index (χ2n) is 4.67. The number of rotatable bonds is 4. The summed E-state index contributed by atoms with van der Waals surface area (Å²) in [5.41, 5.74) is 0.443. The maximum atomic E-state index is 12.4. The number of carboxylic acids is 1. The largest absolute Gasteiger partial charge is 0.493 e. The van der Waals surface area contributed by atoms with Crippen LogP contribution in [0.1, 0.15) is 10.4 Å². The molecule has 0 unspecified atom stereocenters. The second-order valence-corrected chi connectivity index (χ2v) is 4.67. The van der Waals surface area contributed by atoms with Crippen molar-refractivity contribution >= 4 is 11.9 Å². The van der Waals surface area contributed by atoms with Gasteiger partial charge in [0, 0.05) is 25.2 Å². The number of carbonyl (C=O) groups excluding carboxylic acids is 1. The molecule has 0 aliphatic carbocycles. The molecule has 0 spiro atoms. The third-order valence-electron chi connectivity index (χ3n) is 3.39. The second kappa shape index (κ2) is 6.45. The highest BCUT2D eigenvalue weighted by Crippen LogP contribution is 2.28. The number of carboxylic acid groups (broad SMARTS) is 1. The van der Waals surface area contributed by atoms with Crippen LogP contribution in [0.25, 0.3) is 0 Å². The van der Waals surface area contributed by atoms with Gasteiger partial charge in [0.25, 0.3) is 5.91 Å². The van der Waals surface area contributed by atoms with Crippen molar-refractivity contribution in [1.29, 1.82) is 0 Å². The number of aliphatic carboxylic acids is 1. The SMILES string of the molecule is COc1ccc(C(=O)N2CCN[C@H](C(=O)O)C2)cc1OC. The predicted molar refractivity (Wildman–Crippen MR) is 74.9 cm³/mol. The zero-order chi connectivity index (χ0) is 15.4. The van der Waals surface area contributed by atoms with Gasteiger partial charge in [-0.05, 0) is 18.2 Å². The van der Waals surface area contributed by atoms with Crippen LogP contribution in [0, 0.1) is 0 Å². The molecule has 1 fully saturated rings. The van der Waals surface area contributed by atoms with E-state index in [2.05, 4.69) is 5.32 Å². The average Bonchev–Trinajstić information content (AvgIpc) is 2.53. The lowest BCUT2D eigenvalue weighted by Gasteiger charge is -2.31. The highest BCUT2D eigenvalue weighted by Gasteiger charge is 2.28. The number of nitrogens with zero attached hydrogens (tertiary/aromatic N) is 1. The summed E-state index contributed by atoms with van der Waals surface area (Å²) in [5.74, 6) is -0.172. The minimum atomic E-state index is -0.959. The summed E-state index contributed by atoms with van der Waals surface area (Å²) < 4.78 is 10.3. The highest BCUT2D eigenvalue weighted by molar-refractivity contribution is 5.95. The first-order valence-electron chi connectivity index (χ1n) is 6.54. The maximum Gasteiger partial charge on any atom is 0.322 e. The Morgan fingerprint density at radius 2 is 2.00 bits per heavy atom. The summed E-state index contributed by atoms with van der Waals surface area (Å²) in [6.07, 6.45) is 0. The number of nitrogens with one attached hydrogen (secondary N) is 1. The minimum absolute atomic E-state index is 0.141. The summed E-state index contributed by atoms with van der Waals surface area (Å²) in [4.78, 5) is 25.0. The van der Waals surface area contributed by atoms with Crippen LogP contribution >= 0.6 is 0 Å². The van der Waals surface area contributed by atoms with E-state index < -0.39 is 12.0 Å². The number of carbonyl (C=O) groups is 2. The Labute approximate surface area is 122 Å². The van der Waals surface area contributed by atoms with Crippen molar-refractivity contribution in [1.82, 2.24) is 10.2 Å². The van der Waals surface area contributed by atoms with Crippen molar-refractivity contribution in [3.05, 3.63) is 23.8 Å². The summed E-state index contributed by atoms with van der Waals surface area (Å²) in [6, 6.07) is 4.16. The standard InChI is InChI=1S/C14H18N2O5/c1-20-11-4-3-9(7-12(11)21-2)13(17)16-6-5-15-10(8-16)14(18)19/h3-4,7,10,15H,5-6,8H2,1-2H3,(H,18,19)/t10-/m0/s1. The van der Waals surface area contributed by atoms with Gasteiger partial charge in [-0.25, -0.2) is 0 Å². The molecule has 0 aromatic heterocycles. The van der Waals surface area contributed by atoms with Gasteiger partial charge in [-0.3, -0.25) is 9.59 Å². The van der Waals surface area contributed by atoms with Gasteiger partial charge in [-0.1, -0.05) is 0 Å². The number of ether oxygens (including phenoxy) is 2. The molecule has 1 saturated heterocycles. The van der Waals surface area contributed by atoms with E-state index in [1.54, 1.807) is 18.2 Å². The zero-order valence-corrected chi connectivity index (χ0v) is 12.0. The molecule has 0 radical (unpaired) electrons. The molecular weight excluding hydrogens is 276 g/mol. The number of benzene rings is 1. The normalized spacial score (nSPS) is 18.2. The molecule has 1 aromatic carbocycles. The minimum Gasteiger partial charge on any atom is -0.493 e. The molecule has 1 aliphatic rings. The molecule has 0 bridgehead atoms. The van der Waals surface area contributed by atoms with E-state index in [4.69, 9.17) is 14.6 Å². The Morgan fingerprint density at radius 3 is 2.62 bits per heavy atom. The lowest BCUT2D eigenvalue weighted by atomic mass is 10.1. The molecule has 1 amide bonds. The van der Waals surface area contributed by atoms with Gasteiger partial charge in [-0.15, -0.1) is 0 Å². The Hall–Kier alpha value is -2.28. The highest BCUT2D eigenvalue weighted by atomic mass is 16.5. The Kier molecular flexibility index (Phi) is 4.64.